The summed E-state index contributed by atoms with van der Waals surface area (Å²) in [4.78, 5) is 11.5. The number of nitrogens with zero attached hydrogens (tertiary/aromatic N) is 1. The normalized spacial score (nSPS) is 15.6. The Bertz CT molecular complexity index is 526. The van der Waals surface area contributed by atoms with Gasteiger partial charge in [0, 0.05) is 12.0 Å². The molecule has 0 fully saturated rings. The van der Waals surface area contributed by atoms with Crippen LogP contribution in [-0.2, 0) is 11.2 Å². The number of fused-ring (bicyclic) bond motifs is 1. The number of hydrogen-bond donors (Lipinski definition) is 0. The molecule has 0 radical (unpaired) electrons. The molecule has 0 N–H and O–H groups in total. The molecule has 0 saturated heterocycles. The predicted octanol–water partition coefficient (Wildman–Crippen LogP) is 2.06. The van der Waals surface area contributed by atoms with E-state index in [4.69, 9.17) is 10.00 Å². The summed E-state index contributed by atoms with van der Waals surface area (Å²) in [7, 11) is 1.32. The summed E-state index contributed by atoms with van der Waals surface area (Å²) in [6.07, 6.45) is 0.682. The zero-order valence-electron chi connectivity index (χ0n) is 10.0. The van der Waals surface area contributed by atoms with Crippen LogP contribution in [0.15, 0.2) is 12.1 Å². The van der Waals surface area contributed by atoms with Gasteiger partial charge in [0.2, 0.25) is 0 Å². The van der Waals surface area contributed by atoms with E-state index in [1.165, 1.54) is 13.2 Å². The number of rotatable bonds is 1. The summed E-state index contributed by atoms with van der Waals surface area (Å²) in [5.74, 6) is 0.152. The van der Waals surface area contributed by atoms with Crippen molar-refractivity contribution in [2.75, 3.05) is 7.11 Å². The van der Waals surface area contributed by atoms with Crippen LogP contribution in [0, 0.1) is 11.3 Å². The maximum absolute atomic E-state index is 11.5. The topological polar surface area (TPSA) is 59.3 Å². The minimum absolute atomic E-state index is 0.331. The van der Waals surface area contributed by atoms with E-state index >= 15 is 0 Å². The van der Waals surface area contributed by atoms with E-state index in [0.717, 1.165) is 5.56 Å². The Morgan fingerprint density at radius 2 is 2.24 bits per heavy atom. The van der Waals surface area contributed by atoms with Crippen LogP contribution in [0.4, 0.5) is 0 Å². The SMILES string of the molecule is COC(=O)c1cc(C#N)c2c(c1)CC(C)(C)O2. The maximum atomic E-state index is 11.5. The second kappa shape index (κ2) is 3.77. The number of hydrogen-bond acceptors (Lipinski definition) is 4. The highest BCUT2D eigenvalue weighted by Gasteiger charge is 2.33. The van der Waals surface area contributed by atoms with E-state index in [2.05, 4.69) is 10.8 Å². The minimum Gasteiger partial charge on any atom is -0.486 e. The highest BCUT2D eigenvalue weighted by atomic mass is 16.5. The quantitative estimate of drug-likeness (QED) is 0.694. The van der Waals surface area contributed by atoms with Gasteiger partial charge in [-0.2, -0.15) is 5.26 Å². The first-order valence-electron chi connectivity index (χ1n) is 5.31. The number of esters is 1. The lowest BCUT2D eigenvalue weighted by Gasteiger charge is -2.17. The molecule has 0 aromatic heterocycles. The Morgan fingerprint density at radius 1 is 1.53 bits per heavy atom. The van der Waals surface area contributed by atoms with Crippen molar-refractivity contribution in [1.82, 2.24) is 0 Å². The van der Waals surface area contributed by atoms with Crippen LogP contribution in [0.25, 0.3) is 0 Å². The van der Waals surface area contributed by atoms with Crippen LogP contribution in [-0.4, -0.2) is 18.7 Å². The maximum Gasteiger partial charge on any atom is 0.337 e. The number of ether oxygens (including phenoxy) is 2. The van der Waals surface area contributed by atoms with Crippen molar-refractivity contribution >= 4 is 5.97 Å². The van der Waals surface area contributed by atoms with Crippen molar-refractivity contribution in [2.45, 2.75) is 25.9 Å². The van der Waals surface area contributed by atoms with Gasteiger partial charge in [0.15, 0.2) is 0 Å². The molecular weight excluding hydrogens is 218 g/mol. The van der Waals surface area contributed by atoms with Crippen molar-refractivity contribution < 1.29 is 14.3 Å². The van der Waals surface area contributed by atoms with Gasteiger partial charge in [-0.15, -0.1) is 0 Å². The third-order valence-corrected chi connectivity index (χ3v) is 2.70. The molecular formula is C13H13NO3. The molecule has 1 aliphatic rings. The molecule has 0 spiro atoms. The van der Waals surface area contributed by atoms with Crippen LogP contribution in [0.3, 0.4) is 0 Å². The van der Waals surface area contributed by atoms with Crippen molar-refractivity contribution in [1.29, 1.82) is 5.26 Å². The summed E-state index contributed by atoms with van der Waals surface area (Å²) >= 11 is 0. The van der Waals surface area contributed by atoms with Gasteiger partial charge in [-0.05, 0) is 26.0 Å². The van der Waals surface area contributed by atoms with E-state index < -0.39 is 5.97 Å². The van der Waals surface area contributed by atoms with Crippen molar-refractivity contribution in [3.63, 3.8) is 0 Å². The first kappa shape index (κ1) is 11.5. The van der Waals surface area contributed by atoms with Crippen molar-refractivity contribution in [3.05, 3.63) is 28.8 Å². The van der Waals surface area contributed by atoms with Crippen molar-refractivity contribution in [2.24, 2.45) is 0 Å². The van der Waals surface area contributed by atoms with Crippen LogP contribution in [0.1, 0.15) is 35.3 Å². The number of methoxy groups -OCH3 is 1. The van der Waals surface area contributed by atoms with Gasteiger partial charge >= 0.3 is 5.97 Å². The Kier molecular flexibility index (Phi) is 2.55. The molecule has 17 heavy (non-hydrogen) atoms. The fraction of sp³-hybridized carbons (Fsp3) is 0.385. The average molecular weight is 231 g/mol. The molecule has 2 rings (SSSR count). The summed E-state index contributed by atoms with van der Waals surface area (Å²) in [5.41, 5.74) is 1.33. The molecule has 4 heteroatoms. The van der Waals surface area contributed by atoms with E-state index in [-0.39, 0.29) is 5.60 Å². The second-order valence-electron chi connectivity index (χ2n) is 4.65. The highest BCUT2D eigenvalue weighted by Crippen LogP contribution is 2.38. The second-order valence-corrected chi connectivity index (χ2v) is 4.65. The summed E-state index contributed by atoms with van der Waals surface area (Å²) in [6.45, 7) is 3.90. The van der Waals surface area contributed by atoms with Gasteiger partial charge in [-0.1, -0.05) is 0 Å². The first-order valence-corrected chi connectivity index (χ1v) is 5.31. The van der Waals surface area contributed by atoms with E-state index in [0.29, 0.717) is 23.3 Å². The van der Waals surface area contributed by atoms with Gasteiger partial charge in [-0.3, -0.25) is 0 Å². The lowest BCUT2D eigenvalue weighted by Crippen LogP contribution is -2.24. The van der Waals surface area contributed by atoms with Crippen molar-refractivity contribution in [3.8, 4) is 11.8 Å². The molecule has 1 aromatic rings. The van der Waals surface area contributed by atoms with E-state index in [1.54, 1.807) is 6.07 Å². The van der Waals surface area contributed by atoms with E-state index in [1.807, 2.05) is 13.8 Å². The summed E-state index contributed by atoms with van der Waals surface area (Å²) < 4.78 is 10.4. The highest BCUT2D eigenvalue weighted by molar-refractivity contribution is 5.90. The first-order chi connectivity index (χ1) is 7.96. The summed E-state index contributed by atoms with van der Waals surface area (Å²) in [5, 5.41) is 9.07. The van der Waals surface area contributed by atoms with Gasteiger partial charge < -0.3 is 9.47 Å². The molecule has 88 valence electrons. The third kappa shape index (κ3) is 1.96. The van der Waals surface area contributed by atoms with E-state index in [9.17, 15) is 4.79 Å². The number of carbonyl (C=O) groups excluding carboxylic acids is 1. The molecule has 0 unspecified atom stereocenters. The van der Waals surface area contributed by atoms with Gasteiger partial charge in [0.1, 0.15) is 17.4 Å². The van der Waals surface area contributed by atoms with Gasteiger partial charge in [-0.25, -0.2) is 4.79 Å². The molecule has 1 aliphatic heterocycles. The molecule has 0 saturated carbocycles. The Labute approximate surface area is 99.8 Å². The minimum atomic E-state index is -0.436. The van der Waals surface area contributed by atoms with Gasteiger partial charge in [0.05, 0.1) is 18.2 Å². The Balaban J connectivity index is 2.54. The van der Waals surface area contributed by atoms with Crippen LogP contribution >= 0.6 is 0 Å². The lowest BCUT2D eigenvalue weighted by molar-refractivity contribution is 0.0600. The molecule has 1 aromatic carbocycles. The molecule has 0 atom stereocenters. The third-order valence-electron chi connectivity index (χ3n) is 2.70. The monoisotopic (exact) mass is 231 g/mol. The smallest absolute Gasteiger partial charge is 0.337 e. The summed E-state index contributed by atoms with van der Waals surface area (Å²) in [6, 6.07) is 5.29. The fourth-order valence-corrected chi connectivity index (χ4v) is 2.03. The number of carbonyl (C=O) groups is 1. The van der Waals surface area contributed by atoms with Crippen LogP contribution in [0.5, 0.6) is 5.75 Å². The number of benzene rings is 1. The zero-order valence-corrected chi connectivity index (χ0v) is 10.0. The lowest BCUT2D eigenvalue weighted by atomic mass is 9.98. The molecule has 0 bridgehead atoms. The molecule has 4 nitrogen and oxygen atoms in total. The van der Waals surface area contributed by atoms with Gasteiger partial charge in [0.25, 0.3) is 0 Å². The molecule has 1 heterocycles. The zero-order chi connectivity index (χ0) is 12.6. The molecule has 0 amide bonds. The predicted molar refractivity (Wildman–Crippen MR) is 60.9 cm³/mol. The largest absolute Gasteiger partial charge is 0.486 e. The standard InChI is InChI=1S/C13H13NO3/c1-13(2)6-9-4-8(12(15)16-3)5-10(7-14)11(9)17-13/h4-5H,6H2,1-3H3. The average Bonchev–Trinajstić information content (AvgIpc) is 2.60. The van der Waals surface area contributed by atoms with Crippen LogP contribution < -0.4 is 4.74 Å². The fourth-order valence-electron chi connectivity index (χ4n) is 2.03. The Hall–Kier alpha value is -2.02. The number of nitriles is 1. The van der Waals surface area contributed by atoms with Crippen LogP contribution in [0.2, 0.25) is 0 Å². The Morgan fingerprint density at radius 3 is 2.82 bits per heavy atom. The molecule has 0 aliphatic carbocycles.